The van der Waals surface area contributed by atoms with E-state index in [1.807, 2.05) is 0 Å². The second-order valence-electron chi connectivity index (χ2n) is 6.16. The van der Waals surface area contributed by atoms with Crippen LogP contribution in [0.4, 0.5) is 0 Å². The third-order valence-corrected chi connectivity index (χ3v) is 4.30. The number of hydrogen-bond acceptors (Lipinski definition) is 2. The highest BCUT2D eigenvalue weighted by molar-refractivity contribution is 4.76. The average molecular weight is 268 g/mol. The minimum absolute atomic E-state index is 0.842. The second kappa shape index (κ2) is 12.9. The number of hydrogen-bond donors (Lipinski definition) is 2. The van der Waals surface area contributed by atoms with Crippen molar-refractivity contribution in [3.05, 3.63) is 0 Å². The zero-order valence-electron chi connectivity index (χ0n) is 13.2. The Morgan fingerprint density at radius 1 is 0.737 bits per heavy atom. The van der Waals surface area contributed by atoms with Crippen LogP contribution in [0.25, 0.3) is 0 Å². The van der Waals surface area contributed by atoms with Crippen molar-refractivity contribution in [1.82, 2.24) is 10.6 Å². The van der Waals surface area contributed by atoms with Gasteiger partial charge in [0.1, 0.15) is 0 Å². The lowest BCUT2D eigenvalue weighted by molar-refractivity contribution is 0.339. The number of nitrogens with one attached hydrogen (secondary N) is 2. The zero-order valence-corrected chi connectivity index (χ0v) is 13.2. The molecule has 1 aliphatic rings. The van der Waals surface area contributed by atoms with Crippen molar-refractivity contribution in [2.24, 2.45) is 0 Å². The molecule has 0 aromatic heterocycles. The Balaban J connectivity index is 1.62. The number of unbranched alkanes of at least 4 members (excludes halogenated alkanes) is 8. The van der Waals surface area contributed by atoms with Crippen LogP contribution in [0.2, 0.25) is 0 Å². The largest absolute Gasteiger partial charge is 0.315 e. The minimum Gasteiger partial charge on any atom is -0.315 e. The maximum absolute atomic E-state index is 3.59. The van der Waals surface area contributed by atoms with Gasteiger partial charge in [0.15, 0.2) is 0 Å². The van der Waals surface area contributed by atoms with E-state index in [0.717, 1.165) is 19.1 Å². The molecule has 0 radical (unpaired) electrons. The molecule has 0 aliphatic heterocycles. The van der Waals surface area contributed by atoms with Gasteiger partial charge in [-0.15, -0.1) is 0 Å². The summed E-state index contributed by atoms with van der Waals surface area (Å²) in [5.41, 5.74) is 0. The van der Waals surface area contributed by atoms with Gasteiger partial charge in [-0.05, 0) is 25.8 Å². The maximum Gasteiger partial charge on any atom is 0.00793 e. The smallest absolute Gasteiger partial charge is 0.00793 e. The molecule has 0 spiro atoms. The van der Waals surface area contributed by atoms with E-state index in [9.17, 15) is 0 Å². The molecule has 0 aromatic carbocycles. The Labute approximate surface area is 121 Å². The highest BCUT2D eigenvalue weighted by Crippen LogP contribution is 2.17. The molecule has 0 aromatic rings. The summed E-state index contributed by atoms with van der Waals surface area (Å²) in [5.74, 6) is 0. The van der Waals surface area contributed by atoms with Gasteiger partial charge in [-0.25, -0.2) is 0 Å². The van der Waals surface area contributed by atoms with Gasteiger partial charge in [0, 0.05) is 19.1 Å². The van der Waals surface area contributed by atoms with Gasteiger partial charge in [0.25, 0.3) is 0 Å². The molecule has 19 heavy (non-hydrogen) atoms. The summed E-state index contributed by atoms with van der Waals surface area (Å²) in [6.07, 6.45) is 17.1. The van der Waals surface area contributed by atoms with Gasteiger partial charge < -0.3 is 10.6 Å². The summed E-state index contributed by atoms with van der Waals surface area (Å²) in [4.78, 5) is 0. The molecule has 0 heterocycles. The van der Waals surface area contributed by atoms with Crippen LogP contribution in [0.5, 0.6) is 0 Å². The third kappa shape index (κ3) is 10.4. The highest BCUT2D eigenvalue weighted by atomic mass is 15.0. The van der Waals surface area contributed by atoms with Crippen LogP contribution in [0.15, 0.2) is 0 Å². The molecule has 0 atom stereocenters. The van der Waals surface area contributed by atoms with E-state index in [1.165, 1.54) is 83.6 Å². The summed E-state index contributed by atoms with van der Waals surface area (Å²) in [6.45, 7) is 5.80. The highest BCUT2D eigenvalue weighted by Gasteiger charge is 2.15. The average Bonchev–Trinajstić information content (AvgIpc) is 2.37. The van der Waals surface area contributed by atoms with E-state index in [0.29, 0.717) is 0 Å². The van der Waals surface area contributed by atoms with Crippen molar-refractivity contribution in [3.63, 3.8) is 0 Å². The lowest BCUT2D eigenvalue weighted by Crippen LogP contribution is -2.39. The SMILES string of the molecule is CCCCCCCCCCCNCCNC1CCC1. The fourth-order valence-corrected chi connectivity index (χ4v) is 2.66. The first-order valence-electron chi connectivity index (χ1n) is 8.87. The van der Waals surface area contributed by atoms with Crippen molar-refractivity contribution >= 4 is 0 Å². The molecule has 0 saturated heterocycles. The molecular formula is C17H36N2. The van der Waals surface area contributed by atoms with Gasteiger partial charge in [-0.2, -0.15) is 0 Å². The predicted molar refractivity (Wildman–Crippen MR) is 85.7 cm³/mol. The Hall–Kier alpha value is -0.0800. The van der Waals surface area contributed by atoms with Crippen LogP contribution >= 0.6 is 0 Å². The molecule has 0 unspecified atom stereocenters. The molecule has 1 aliphatic carbocycles. The monoisotopic (exact) mass is 268 g/mol. The topological polar surface area (TPSA) is 24.1 Å². The van der Waals surface area contributed by atoms with E-state index in [4.69, 9.17) is 0 Å². The van der Waals surface area contributed by atoms with E-state index < -0.39 is 0 Å². The molecule has 0 bridgehead atoms. The first-order chi connectivity index (χ1) is 9.43. The molecular weight excluding hydrogens is 232 g/mol. The summed E-state index contributed by atoms with van der Waals surface area (Å²) < 4.78 is 0. The Bertz CT molecular complexity index is 178. The molecule has 2 nitrogen and oxygen atoms in total. The van der Waals surface area contributed by atoms with Crippen LogP contribution in [-0.4, -0.2) is 25.7 Å². The fraction of sp³-hybridized carbons (Fsp3) is 1.00. The van der Waals surface area contributed by atoms with E-state index in [1.54, 1.807) is 0 Å². The minimum atomic E-state index is 0.842. The molecule has 1 fully saturated rings. The molecule has 2 heteroatoms. The van der Waals surface area contributed by atoms with Crippen molar-refractivity contribution in [2.45, 2.75) is 90.0 Å². The van der Waals surface area contributed by atoms with Gasteiger partial charge in [-0.1, -0.05) is 64.7 Å². The number of rotatable bonds is 14. The summed E-state index contributed by atoms with van der Waals surface area (Å²) in [5, 5.41) is 7.14. The van der Waals surface area contributed by atoms with Gasteiger partial charge in [0.05, 0.1) is 0 Å². The molecule has 1 rings (SSSR count). The van der Waals surface area contributed by atoms with E-state index >= 15 is 0 Å². The molecule has 2 N–H and O–H groups in total. The quantitative estimate of drug-likeness (QED) is 0.460. The van der Waals surface area contributed by atoms with Crippen molar-refractivity contribution in [2.75, 3.05) is 19.6 Å². The standard InChI is InChI=1S/C17H36N2/c1-2-3-4-5-6-7-8-9-10-14-18-15-16-19-17-12-11-13-17/h17-19H,2-16H2,1H3. The van der Waals surface area contributed by atoms with E-state index in [-0.39, 0.29) is 0 Å². The fourth-order valence-electron chi connectivity index (χ4n) is 2.66. The van der Waals surface area contributed by atoms with Gasteiger partial charge in [-0.3, -0.25) is 0 Å². The van der Waals surface area contributed by atoms with Crippen molar-refractivity contribution in [3.8, 4) is 0 Å². The zero-order chi connectivity index (χ0) is 13.6. The van der Waals surface area contributed by atoms with Gasteiger partial charge in [0.2, 0.25) is 0 Å². The lowest BCUT2D eigenvalue weighted by Gasteiger charge is -2.26. The first kappa shape index (κ1) is 17.0. The van der Waals surface area contributed by atoms with Crippen LogP contribution in [0.3, 0.4) is 0 Å². The summed E-state index contributed by atoms with van der Waals surface area (Å²) in [7, 11) is 0. The predicted octanol–water partition coefficient (Wildman–Crippen LogP) is 4.25. The maximum atomic E-state index is 3.59. The van der Waals surface area contributed by atoms with Crippen LogP contribution in [0.1, 0.15) is 84.0 Å². The summed E-state index contributed by atoms with van der Waals surface area (Å²) in [6, 6.07) is 0.842. The first-order valence-corrected chi connectivity index (χ1v) is 8.87. The third-order valence-electron chi connectivity index (χ3n) is 4.30. The van der Waals surface area contributed by atoms with Crippen molar-refractivity contribution in [1.29, 1.82) is 0 Å². The Morgan fingerprint density at radius 2 is 1.37 bits per heavy atom. The normalized spacial score (nSPS) is 15.6. The molecule has 114 valence electrons. The lowest BCUT2D eigenvalue weighted by atomic mass is 9.93. The van der Waals surface area contributed by atoms with Crippen LogP contribution in [-0.2, 0) is 0 Å². The van der Waals surface area contributed by atoms with Crippen LogP contribution < -0.4 is 10.6 Å². The summed E-state index contributed by atoms with van der Waals surface area (Å²) >= 11 is 0. The van der Waals surface area contributed by atoms with Crippen LogP contribution in [0, 0.1) is 0 Å². The second-order valence-corrected chi connectivity index (χ2v) is 6.16. The van der Waals surface area contributed by atoms with Crippen molar-refractivity contribution < 1.29 is 0 Å². The van der Waals surface area contributed by atoms with E-state index in [2.05, 4.69) is 17.6 Å². The Morgan fingerprint density at radius 3 is 1.95 bits per heavy atom. The molecule has 1 saturated carbocycles. The Kier molecular flexibility index (Phi) is 11.5. The van der Waals surface area contributed by atoms with Gasteiger partial charge >= 0.3 is 0 Å². The molecule has 0 amide bonds.